The number of rotatable bonds is 5. The second-order valence-electron chi connectivity index (χ2n) is 3.69. The second kappa shape index (κ2) is 5.51. The Labute approximate surface area is 90.4 Å². The Bertz CT molecular complexity index is 334. The molecule has 0 bridgehead atoms. The summed E-state index contributed by atoms with van der Waals surface area (Å²) < 4.78 is 5.06. The third-order valence-corrected chi connectivity index (χ3v) is 2.06. The van der Waals surface area contributed by atoms with Crippen molar-refractivity contribution in [1.29, 1.82) is 0 Å². The van der Waals surface area contributed by atoms with Gasteiger partial charge in [-0.25, -0.2) is 0 Å². The molecule has 0 saturated carbocycles. The van der Waals surface area contributed by atoms with Gasteiger partial charge in [-0.2, -0.15) is 0 Å². The molecule has 3 heteroatoms. The molecule has 0 aliphatic rings. The smallest absolute Gasteiger partial charge is 0.176 e. The molecule has 0 aromatic heterocycles. The molecule has 0 unspecified atom stereocenters. The SMILES string of the molecule is COc1cccc(C(=O)CNC(C)C)c1. The number of ketones is 1. The van der Waals surface area contributed by atoms with E-state index in [2.05, 4.69) is 5.32 Å². The van der Waals surface area contributed by atoms with Crippen molar-refractivity contribution >= 4 is 5.78 Å². The molecule has 0 heterocycles. The molecule has 0 aliphatic heterocycles. The van der Waals surface area contributed by atoms with E-state index < -0.39 is 0 Å². The fourth-order valence-electron chi connectivity index (χ4n) is 1.20. The van der Waals surface area contributed by atoms with Crippen LogP contribution >= 0.6 is 0 Å². The van der Waals surface area contributed by atoms with Gasteiger partial charge in [-0.3, -0.25) is 4.79 Å². The van der Waals surface area contributed by atoms with Crippen molar-refractivity contribution in [3.05, 3.63) is 29.8 Å². The van der Waals surface area contributed by atoms with Crippen LogP contribution < -0.4 is 10.1 Å². The predicted octanol–water partition coefficient (Wildman–Crippen LogP) is 1.88. The monoisotopic (exact) mass is 207 g/mol. The molecule has 0 aliphatic carbocycles. The van der Waals surface area contributed by atoms with Gasteiger partial charge in [0, 0.05) is 11.6 Å². The summed E-state index contributed by atoms with van der Waals surface area (Å²) in [6.45, 7) is 4.39. The van der Waals surface area contributed by atoms with Crippen LogP contribution in [0.2, 0.25) is 0 Å². The van der Waals surface area contributed by atoms with Crippen molar-refractivity contribution in [2.45, 2.75) is 19.9 Å². The van der Waals surface area contributed by atoms with Crippen LogP contribution in [0, 0.1) is 0 Å². The van der Waals surface area contributed by atoms with Gasteiger partial charge < -0.3 is 10.1 Å². The van der Waals surface area contributed by atoms with Crippen molar-refractivity contribution in [3.8, 4) is 5.75 Å². The molecule has 1 N–H and O–H groups in total. The van der Waals surface area contributed by atoms with Crippen LogP contribution in [0.5, 0.6) is 5.75 Å². The van der Waals surface area contributed by atoms with Gasteiger partial charge in [0.1, 0.15) is 5.75 Å². The number of Topliss-reactive ketones (excluding diaryl/α,β-unsaturated/α-hetero) is 1. The van der Waals surface area contributed by atoms with Gasteiger partial charge in [-0.15, -0.1) is 0 Å². The van der Waals surface area contributed by atoms with Crippen LogP contribution in [0.15, 0.2) is 24.3 Å². The standard InChI is InChI=1S/C12H17NO2/c1-9(2)13-8-12(14)10-5-4-6-11(7-10)15-3/h4-7,9,13H,8H2,1-3H3. The number of methoxy groups -OCH3 is 1. The van der Waals surface area contributed by atoms with Gasteiger partial charge in [-0.1, -0.05) is 26.0 Å². The zero-order valence-electron chi connectivity index (χ0n) is 9.41. The Balaban J connectivity index is 2.65. The molecule has 1 aromatic rings. The topological polar surface area (TPSA) is 38.3 Å². The first-order valence-electron chi connectivity index (χ1n) is 5.04. The number of hydrogen-bond acceptors (Lipinski definition) is 3. The number of nitrogens with one attached hydrogen (secondary N) is 1. The van der Waals surface area contributed by atoms with Gasteiger partial charge in [-0.05, 0) is 12.1 Å². The van der Waals surface area contributed by atoms with Crippen LogP contribution in [0.3, 0.4) is 0 Å². The highest BCUT2D eigenvalue weighted by Crippen LogP contribution is 2.12. The average molecular weight is 207 g/mol. The summed E-state index contributed by atoms with van der Waals surface area (Å²) in [5.74, 6) is 0.799. The summed E-state index contributed by atoms with van der Waals surface area (Å²) in [6, 6.07) is 7.52. The largest absolute Gasteiger partial charge is 0.497 e. The van der Waals surface area contributed by atoms with Crippen LogP contribution in [-0.2, 0) is 0 Å². The molecule has 0 radical (unpaired) electrons. The lowest BCUT2D eigenvalue weighted by Gasteiger charge is -2.07. The summed E-state index contributed by atoms with van der Waals surface area (Å²) in [5.41, 5.74) is 0.683. The summed E-state index contributed by atoms with van der Waals surface area (Å²) >= 11 is 0. The van der Waals surface area contributed by atoms with Crippen LogP contribution in [0.4, 0.5) is 0 Å². The minimum absolute atomic E-state index is 0.0857. The Kier molecular flexibility index (Phi) is 4.31. The van der Waals surface area contributed by atoms with Gasteiger partial charge >= 0.3 is 0 Å². The highest BCUT2D eigenvalue weighted by atomic mass is 16.5. The third-order valence-electron chi connectivity index (χ3n) is 2.06. The number of carbonyl (C=O) groups excluding carboxylic acids is 1. The molecule has 1 rings (SSSR count). The Morgan fingerprint density at radius 1 is 1.47 bits per heavy atom. The number of benzene rings is 1. The molecule has 3 nitrogen and oxygen atoms in total. The van der Waals surface area contributed by atoms with Gasteiger partial charge in [0.25, 0.3) is 0 Å². The van der Waals surface area contributed by atoms with Crippen molar-refractivity contribution < 1.29 is 9.53 Å². The summed E-state index contributed by atoms with van der Waals surface area (Å²) in [4.78, 5) is 11.7. The Morgan fingerprint density at radius 3 is 2.80 bits per heavy atom. The molecule has 0 atom stereocenters. The molecule has 0 saturated heterocycles. The van der Waals surface area contributed by atoms with E-state index in [9.17, 15) is 4.79 Å². The Morgan fingerprint density at radius 2 is 2.20 bits per heavy atom. The zero-order valence-corrected chi connectivity index (χ0v) is 9.41. The number of hydrogen-bond donors (Lipinski definition) is 1. The van der Waals surface area contributed by atoms with E-state index in [1.54, 1.807) is 19.2 Å². The van der Waals surface area contributed by atoms with E-state index in [-0.39, 0.29) is 5.78 Å². The third kappa shape index (κ3) is 3.72. The first-order chi connectivity index (χ1) is 7.13. The van der Waals surface area contributed by atoms with E-state index in [4.69, 9.17) is 4.74 Å². The van der Waals surface area contributed by atoms with Crippen LogP contribution in [0.1, 0.15) is 24.2 Å². The zero-order chi connectivity index (χ0) is 11.3. The van der Waals surface area contributed by atoms with E-state index in [1.807, 2.05) is 26.0 Å². The normalized spacial score (nSPS) is 10.4. The average Bonchev–Trinajstić information content (AvgIpc) is 2.26. The highest BCUT2D eigenvalue weighted by molar-refractivity contribution is 5.97. The first-order valence-corrected chi connectivity index (χ1v) is 5.04. The van der Waals surface area contributed by atoms with Gasteiger partial charge in [0.15, 0.2) is 5.78 Å². The van der Waals surface area contributed by atoms with E-state index in [1.165, 1.54) is 0 Å². The summed E-state index contributed by atoms with van der Waals surface area (Å²) in [7, 11) is 1.59. The number of carbonyl (C=O) groups is 1. The van der Waals surface area contributed by atoms with Crippen molar-refractivity contribution in [2.75, 3.05) is 13.7 Å². The minimum Gasteiger partial charge on any atom is -0.497 e. The van der Waals surface area contributed by atoms with E-state index in [0.29, 0.717) is 23.9 Å². The number of ether oxygens (including phenoxy) is 1. The van der Waals surface area contributed by atoms with Crippen molar-refractivity contribution in [3.63, 3.8) is 0 Å². The van der Waals surface area contributed by atoms with E-state index in [0.717, 1.165) is 0 Å². The van der Waals surface area contributed by atoms with Crippen LogP contribution in [-0.4, -0.2) is 25.5 Å². The minimum atomic E-state index is 0.0857. The van der Waals surface area contributed by atoms with Crippen molar-refractivity contribution in [1.82, 2.24) is 5.32 Å². The fourth-order valence-corrected chi connectivity index (χ4v) is 1.20. The quantitative estimate of drug-likeness (QED) is 0.749. The molecule has 0 spiro atoms. The lowest BCUT2D eigenvalue weighted by molar-refractivity contribution is 0.0988. The molecule has 15 heavy (non-hydrogen) atoms. The molecule has 0 fully saturated rings. The molecule has 1 aromatic carbocycles. The predicted molar refractivity (Wildman–Crippen MR) is 60.5 cm³/mol. The Hall–Kier alpha value is -1.35. The summed E-state index contributed by atoms with van der Waals surface area (Å²) in [6.07, 6.45) is 0. The van der Waals surface area contributed by atoms with Gasteiger partial charge in [0.2, 0.25) is 0 Å². The molecule has 0 amide bonds. The maximum absolute atomic E-state index is 11.7. The summed E-state index contributed by atoms with van der Waals surface area (Å²) in [5, 5.41) is 3.09. The lowest BCUT2D eigenvalue weighted by Crippen LogP contribution is -2.29. The van der Waals surface area contributed by atoms with E-state index >= 15 is 0 Å². The van der Waals surface area contributed by atoms with Crippen molar-refractivity contribution in [2.24, 2.45) is 0 Å². The highest BCUT2D eigenvalue weighted by Gasteiger charge is 2.06. The molecule has 82 valence electrons. The first kappa shape index (κ1) is 11.7. The van der Waals surface area contributed by atoms with Crippen LogP contribution in [0.25, 0.3) is 0 Å². The maximum Gasteiger partial charge on any atom is 0.176 e. The lowest BCUT2D eigenvalue weighted by atomic mass is 10.1. The molecular formula is C12H17NO2. The maximum atomic E-state index is 11.7. The fraction of sp³-hybridized carbons (Fsp3) is 0.417. The second-order valence-corrected chi connectivity index (χ2v) is 3.69. The molecular weight excluding hydrogens is 190 g/mol. The van der Waals surface area contributed by atoms with Gasteiger partial charge in [0.05, 0.1) is 13.7 Å².